The number of carbonyl (C=O) groups is 1. The molecule has 118 valence electrons. The first-order chi connectivity index (χ1) is 10.6. The highest BCUT2D eigenvalue weighted by Gasteiger charge is 2.11. The minimum absolute atomic E-state index is 0.0648. The number of nitrogens with zero attached hydrogens (tertiary/aromatic N) is 2. The van der Waals surface area contributed by atoms with Gasteiger partial charge in [-0.05, 0) is 25.8 Å². The number of hydrogen-bond donors (Lipinski definition) is 2. The van der Waals surface area contributed by atoms with E-state index in [0.717, 1.165) is 12.0 Å². The van der Waals surface area contributed by atoms with Gasteiger partial charge in [0.15, 0.2) is 5.16 Å². The molecule has 2 aromatic rings. The molecule has 0 aliphatic heterocycles. The number of aromatic nitrogens is 3. The first-order valence-corrected chi connectivity index (χ1v) is 8.16. The maximum atomic E-state index is 11.8. The van der Waals surface area contributed by atoms with Crippen molar-refractivity contribution in [1.82, 2.24) is 20.1 Å². The van der Waals surface area contributed by atoms with Crippen LogP contribution in [0.4, 0.5) is 0 Å². The average Bonchev–Trinajstić information content (AvgIpc) is 2.84. The molecule has 0 unspecified atom stereocenters. The molecule has 0 aliphatic rings. The van der Waals surface area contributed by atoms with Crippen LogP contribution in [0.5, 0.6) is 0 Å². The van der Waals surface area contributed by atoms with Crippen LogP contribution in [-0.4, -0.2) is 32.5 Å². The van der Waals surface area contributed by atoms with E-state index in [-0.39, 0.29) is 23.4 Å². The van der Waals surface area contributed by atoms with Crippen molar-refractivity contribution < 1.29 is 4.79 Å². The predicted octanol–water partition coefficient (Wildman–Crippen LogP) is 1.43. The Balaban J connectivity index is 1.96. The monoisotopic (exact) mass is 320 g/mol. The van der Waals surface area contributed by atoms with Gasteiger partial charge in [-0.3, -0.25) is 9.36 Å². The van der Waals surface area contributed by atoms with Crippen LogP contribution < -0.4 is 11.0 Å². The van der Waals surface area contributed by atoms with E-state index in [1.54, 1.807) is 4.57 Å². The molecule has 1 heterocycles. The highest BCUT2D eigenvalue weighted by Crippen LogP contribution is 2.13. The molecule has 0 bridgehead atoms. The Labute approximate surface area is 133 Å². The van der Waals surface area contributed by atoms with Gasteiger partial charge in [0.2, 0.25) is 5.91 Å². The lowest BCUT2D eigenvalue weighted by Crippen LogP contribution is -2.31. The van der Waals surface area contributed by atoms with E-state index < -0.39 is 0 Å². The number of nitrogens with one attached hydrogen (secondary N) is 2. The van der Waals surface area contributed by atoms with E-state index in [1.807, 2.05) is 44.2 Å². The summed E-state index contributed by atoms with van der Waals surface area (Å²) in [5.74, 6) is 0.179. The average molecular weight is 320 g/mol. The number of aromatic amines is 1. The summed E-state index contributed by atoms with van der Waals surface area (Å²) < 4.78 is 1.57. The van der Waals surface area contributed by atoms with Gasteiger partial charge in [0, 0.05) is 12.6 Å². The zero-order chi connectivity index (χ0) is 15.9. The fourth-order valence-electron chi connectivity index (χ4n) is 1.99. The third-order valence-corrected chi connectivity index (χ3v) is 3.95. The maximum absolute atomic E-state index is 11.8. The first kappa shape index (κ1) is 16.4. The molecule has 0 aliphatic carbocycles. The van der Waals surface area contributed by atoms with Gasteiger partial charge in [0.25, 0.3) is 0 Å². The van der Waals surface area contributed by atoms with Crippen molar-refractivity contribution in [2.75, 3.05) is 5.75 Å². The number of aryl methyl sites for hydroxylation is 1. The lowest BCUT2D eigenvalue weighted by Gasteiger charge is -2.08. The number of thioether (sulfide) groups is 1. The molecule has 0 saturated heterocycles. The van der Waals surface area contributed by atoms with E-state index in [0.29, 0.717) is 11.7 Å². The lowest BCUT2D eigenvalue weighted by molar-refractivity contribution is -0.119. The number of rotatable bonds is 7. The Bertz CT molecular complexity index is 664. The molecule has 0 atom stereocenters. The van der Waals surface area contributed by atoms with Gasteiger partial charge in [-0.15, -0.1) is 5.10 Å². The standard InChI is InChI=1S/C15H20N4O2S/c1-11(2)16-13(20)10-22-15-18-17-14(21)19(15)9-8-12-6-4-3-5-7-12/h3-7,11H,8-10H2,1-2H3,(H,16,20)(H,17,21). The second-order valence-corrected chi connectivity index (χ2v) is 6.15. The Morgan fingerprint density at radius 3 is 2.77 bits per heavy atom. The van der Waals surface area contributed by atoms with Crippen LogP contribution in [0, 0.1) is 0 Å². The Morgan fingerprint density at radius 2 is 2.09 bits per heavy atom. The van der Waals surface area contributed by atoms with Crippen molar-refractivity contribution in [1.29, 1.82) is 0 Å². The third-order valence-electron chi connectivity index (χ3n) is 2.97. The Morgan fingerprint density at radius 1 is 1.36 bits per heavy atom. The van der Waals surface area contributed by atoms with Gasteiger partial charge in [-0.2, -0.15) is 0 Å². The Hall–Kier alpha value is -2.02. The van der Waals surface area contributed by atoms with Gasteiger partial charge in [0.1, 0.15) is 0 Å². The summed E-state index contributed by atoms with van der Waals surface area (Å²) in [7, 11) is 0. The van der Waals surface area contributed by atoms with Crippen molar-refractivity contribution >= 4 is 17.7 Å². The maximum Gasteiger partial charge on any atom is 0.343 e. The molecule has 1 amide bonds. The third kappa shape index (κ3) is 4.77. The zero-order valence-electron chi connectivity index (χ0n) is 12.7. The van der Waals surface area contributed by atoms with E-state index >= 15 is 0 Å². The molecule has 0 radical (unpaired) electrons. The van der Waals surface area contributed by atoms with Crippen LogP contribution in [0.25, 0.3) is 0 Å². The van der Waals surface area contributed by atoms with Crippen LogP contribution in [0.15, 0.2) is 40.3 Å². The molecule has 0 spiro atoms. The predicted molar refractivity (Wildman–Crippen MR) is 87.0 cm³/mol. The Kier molecular flexibility index (Phi) is 5.83. The van der Waals surface area contributed by atoms with Gasteiger partial charge < -0.3 is 5.32 Å². The molecule has 2 rings (SSSR count). The summed E-state index contributed by atoms with van der Waals surface area (Å²) in [4.78, 5) is 23.5. The van der Waals surface area contributed by atoms with Crippen molar-refractivity contribution in [3.8, 4) is 0 Å². The summed E-state index contributed by atoms with van der Waals surface area (Å²) in [6.07, 6.45) is 0.742. The van der Waals surface area contributed by atoms with Crippen LogP contribution in [0.3, 0.4) is 0 Å². The quantitative estimate of drug-likeness (QED) is 0.756. The minimum Gasteiger partial charge on any atom is -0.353 e. The highest BCUT2D eigenvalue weighted by atomic mass is 32.2. The molecule has 0 fully saturated rings. The largest absolute Gasteiger partial charge is 0.353 e. The number of amides is 1. The van der Waals surface area contributed by atoms with Crippen molar-refractivity contribution in [2.45, 2.75) is 38.0 Å². The molecular formula is C15H20N4O2S. The molecular weight excluding hydrogens is 300 g/mol. The molecule has 2 N–H and O–H groups in total. The number of carbonyl (C=O) groups excluding carboxylic acids is 1. The molecule has 6 nitrogen and oxygen atoms in total. The van der Waals surface area contributed by atoms with E-state index in [4.69, 9.17) is 0 Å². The smallest absolute Gasteiger partial charge is 0.343 e. The molecule has 7 heteroatoms. The van der Waals surface area contributed by atoms with Crippen molar-refractivity contribution in [3.05, 3.63) is 46.4 Å². The van der Waals surface area contributed by atoms with Gasteiger partial charge in [-0.25, -0.2) is 9.89 Å². The second-order valence-electron chi connectivity index (χ2n) is 5.21. The minimum atomic E-state index is -0.248. The molecule has 1 aromatic carbocycles. The number of benzene rings is 1. The van der Waals surface area contributed by atoms with Crippen molar-refractivity contribution in [3.63, 3.8) is 0 Å². The number of H-pyrrole nitrogens is 1. The zero-order valence-corrected chi connectivity index (χ0v) is 13.5. The molecule has 22 heavy (non-hydrogen) atoms. The number of hydrogen-bond acceptors (Lipinski definition) is 4. The fraction of sp³-hybridized carbons (Fsp3) is 0.400. The van der Waals surface area contributed by atoms with Crippen molar-refractivity contribution in [2.24, 2.45) is 0 Å². The summed E-state index contributed by atoms with van der Waals surface area (Å²) in [5, 5.41) is 9.78. The summed E-state index contributed by atoms with van der Waals surface area (Å²) in [5.41, 5.74) is 0.909. The van der Waals surface area contributed by atoms with Gasteiger partial charge in [-0.1, -0.05) is 42.1 Å². The van der Waals surface area contributed by atoms with Crippen LogP contribution in [0.1, 0.15) is 19.4 Å². The first-order valence-electron chi connectivity index (χ1n) is 7.17. The summed E-state index contributed by atoms with van der Waals surface area (Å²) in [6.45, 7) is 4.35. The SMILES string of the molecule is CC(C)NC(=O)CSc1n[nH]c(=O)n1CCc1ccccc1. The van der Waals surface area contributed by atoms with Crippen LogP contribution in [-0.2, 0) is 17.8 Å². The van der Waals surface area contributed by atoms with E-state index in [9.17, 15) is 9.59 Å². The second kappa shape index (κ2) is 7.84. The molecule has 1 aromatic heterocycles. The van der Waals surface area contributed by atoms with E-state index in [2.05, 4.69) is 15.5 Å². The van der Waals surface area contributed by atoms with Gasteiger partial charge >= 0.3 is 5.69 Å². The highest BCUT2D eigenvalue weighted by molar-refractivity contribution is 7.99. The summed E-state index contributed by atoms with van der Waals surface area (Å²) in [6, 6.07) is 10.1. The van der Waals surface area contributed by atoms with Gasteiger partial charge in [0.05, 0.1) is 5.75 Å². The lowest BCUT2D eigenvalue weighted by atomic mass is 10.1. The normalized spacial score (nSPS) is 10.9. The van der Waals surface area contributed by atoms with Crippen LogP contribution in [0.2, 0.25) is 0 Å². The van der Waals surface area contributed by atoms with E-state index in [1.165, 1.54) is 11.8 Å². The topological polar surface area (TPSA) is 79.8 Å². The fourth-order valence-corrected chi connectivity index (χ4v) is 2.77. The molecule has 0 saturated carbocycles. The van der Waals surface area contributed by atoms with Crippen LogP contribution >= 0.6 is 11.8 Å². The summed E-state index contributed by atoms with van der Waals surface area (Å²) >= 11 is 1.26.